The molecule has 0 aromatic rings. The lowest BCUT2D eigenvalue weighted by Gasteiger charge is -2.25. The molecule has 3 unspecified atom stereocenters. The zero-order chi connectivity index (χ0) is 49.2. The number of phosphoric acid groups is 1. The molecular formula is C58H104N2O6P+. The van der Waals surface area contributed by atoms with Crippen LogP contribution < -0.4 is 5.32 Å². The number of rotatable bonds is 48. The number of likely N-dealkylation sites (N-methyl/N-ethyl adjacent to an activating group) is 1. The van der Waals surface area contributed by atoms with Crippen molar-refractivity contribution in [3.63, 3.8) is 0 Å². The number of aliphatic hydroxyl groups excluding tert-OH is 1. The van der Waals surface area contributed by atoms with Gasteiger partial charge in [-0.05, 0) is 83.5 Å². The molecule has 0 aromatic carbocycles. The van der Waals surface area contributed by atoms with Crippen LogP contribution in [0.25, 0.3) is 0 Å². The maximum absolute atomic E-state index is 12.9. The van der Waals surface area contributed by atoms with Gasteiger partial charge in [-0.25, -0.2) is 4.57 Å². The fourth-order valence-corrected chi connectivity index (χ4v) is 8.08. The molecule has 8 nitrogen and oxygen atoms in total. The van der Waals surface area contributed by atoms with E-state index in [0.717, 1.165) is 83.5 Å². The second-order valence-electron chi connectivity index (χ2n) is 19.2. The van der Waals surface area contributed by atoms with Crippen molar-refractivity contribution in [3.05, 3.63) is 97.2 Å². The van der Waals surface area contributed by atoms with Crippen molar-refractivity contribution in [2.24, 2.45) is 0 Å². The van der Waals surface area contributed by atoms with Crippen molar-refractivity contribution in [2.75, 3.05) is 40.9 Å². The molecule has 9 heteroatoms. The van der Waals surface area contributed by atoms with Crippen LogP contribution in [0.3, 0.4) is 0 Å². The third kappa shape index (κ3) is 51.1. The largest absolute Gasteiger partial charge is 0.472 e. The Morgan fingerprint density at radius 2 is 0.866 bits per heavy atom. The molecular weight excluding hydrogens is 852 g/mol. The minimum atomic E-state index is -4.35. The van der Waals surface area contributed by atoms with Crippen LogP contribution in [0.5, 0.6) is 0 Å². The van der Waals surface area contributed by atoms with E-state index in [0.29, 0.717) is 17.4 Å². The Balaban J connectivity index is 3.97. The highest BCUT2D eigenvalue weighted by atomic mass is 31.2. The molecule has 1 amide bonds. The number of carbonyl (C=O) groups excluding carboxylic acids is 1. The molecule has 0 aromatic heterocycles. The molecule has 386 valence electrons. The number of allylic oxidation sites excluding steroid dienone is 15. The molecule has 0 rings (SSSR count). The van der Waals surface area contributed by atoms with E-state index in [9.17, 15) is 19.4 Å². The first kappa shape index (κ1) is 64.4. The molecule has 0 fully saturated rings. The molecule has 0 saturated carbocycles. The Labute approximate surface area is 413 Å². The molecule has 0 aliphatic carbocycles. The van der Waals surface area contributed by atoms with Gasteiger partial charge in [-0.15, -0.1) is 0 Å². The van der Waals surface area contributed by atoms with Gasteiger partial charge in [0.25, 0.3) is 0 Å². The second kappa shape index (κ2) is 48.4. The van der Waals surface area contributed by atoms with Gasteiger partial charge in [0.05, 0.1) is 39.9 Å². The highest BCUT2D eigenvalue weighted by Gasteiger charge is 2.27. The Bertz CT molecular complexity index is 1410. The van der Waals surface area contributed by atoms with Crippen LogP contribution in [0.2, 0.25) is 0 Å². The van der Waals surface area contributed by atoms with Crippen molar-refractivity contribution in [1.82, 2.24) is 5.32 Å². The summed E-state index contributed by atoms with van der Waals surface area (Å²) in [5, 5.41) is 13.8. The van der Waals surface area contributed by atoms with Crippen molar-refractivity contribution < 1.29 is 32.9 Å². The number of amides is 1. The van der Waals surface area contributed by atoms with E-state index >= 15 is 0 Å². The lowest BCUT2D eigenvalue weighted by Crippen LogP contribution is -2.45. The smallest absolute Gasteiger partial charge is 0.387 e. The summed E-state index contributed by atoms with van der Waals surface area (Å²) in [6.07, 6.45) is 69.7. The first-order valence-electron chi connectivity index (χ1n) is 27.1. The molecule has 0 heterocycles. The summed E-state index contributed by atoms with van der Waals surface area (Å²) in [6.45, 7) is 4.54. The average Bonchev–Trinajstić information content (AvgIpc) is 3.29. The Morgan fingerprint density at radius 3 is 1.31 bits per heavy atom. The van der Waals surface area contributed by atoms with E-state index in [1.807, 2.05) is 27.2 Å². The number of quaternary nitrogens is 1. The van der Waals surface area contributed by atoms with E-state index in [1.165, 1.54) is 109 Å². The second-order valence-corrected chi connectivity index (χ2v) is 20.6. The summed E-state index contributed by atoms with van der Waals surface area (Å²) in [7, 11) is 1.54. The molecule has 0 bridgehead atoms. The van der Waals surface area contributed by atoms with Crippen LogP contribution in [0.1, 0.15) is 213 Å². The van der Waals surface area contributed by atoms with Gasteiger partial charge >= 0.3 is 7.82 Å². The minimum absolute atomic E-state index is 0.0506. The average molecular weight is 956 g/mol. The van der Waals surface area contributed by atoms with E-state index < -0.39 is 20.0 Å². The number of hydrogen-bond acceptors (Lipinski definition) is 5. The minimum Gasteiger partial charge on any atom is -0.387 e. The maximum atomic E-state index is 12.9. The lowest BCUT2D eigenvalue weighted by molar-refractivity contribution is -0.870. The van der Waals surface area contributed by atoms with Crippen LogP contribution in [-0.2, 0) is 18.4 Å². The SMILES string of the molecule is CC/C=C\C/C=C\C/C=C\C/C=C\C/C=C\CCCCCCCCCCCCCCCCCCCCCC(=O)NC(COP(=O)(O)OCC[N+](C)(C)C)C(O)/C=C/CC/C=C/CC/C=C/CC. The van der Waals surface area contributed by atoms with Crippen molar-refractivity contribution in [1.29, 1.82) is 0 Å². The van der Waals surface area contributed by atoms with Crippen LogP contribution in [0.4, 0.5) is 0 Å². The van der Waals surface area contributed by atoms with E-state index in [2.05, 4.69) is 104 Å². The Morgan fingerprint density at radius 1 is 0.507 bits per heavy atom. The molecule has 0 saturated heterocycles. The quantitative estimate of drug-likeness (QED) is 0.0243. The molecule has 3 N–H and O–H groups in total. The van der Waals surface area contributed by atoms with Crippen molar-refractivity contribution >= 4 is 13.7 Å². The molecule has 0 radical (unpaired) electrons. The highest BCUT2D eigenvalue weighted by Crippen LogP contribution is 2.43. The van der Waals surface area contributed by atoms with E-state index in [4.69, 9.17) is 9.05 Å². The summed E-state index contributed by atoms with van der Waals surface area (Å²) in [5.74, 6) is -0.195. The standard InChI is InChI=1S/C58H103N2O6P/c1-6-8-10-12-14-16-18-19-20-21-22-23-24-25-26-27-28-29-30-31-32-33-34-35-36-37-38-39-40-41-42-44-46-48-50-52-58(62)59-56(55-66-67(63,64)65-54-53-60(3,4)5)57(61)51-49-47-45-43-17-15-13-11-9-7-2/h8-11,14,16-17,19-20,22-23,25-26,43,49,51,56-57,61H,6-7,12-13,15,18,21,24,27-42,44-48,50,52-55H2,1-5H3,(H-,59,62,63,64)/p+1/b10-8-,11-9+,16-14-,20-19-,23-22-,26-25-,43-17+,51-49+. The summed E-state index contributed by atoms with van der Waals surface area (Å²) < 4.78 is 23.5. The topological polar surface area (TPSA) is 105 Å². The lowest BCUT2D eigenvalue weighted by atomic mass is 10.0. The number of unbranched alkanes of at least 4 members (excludes halogenated alkanes) is 21. The highest BCUT2D eigenvalue weighted by molar-refractivity contribution is 7.47. The predicted octanol–water partition coefficient (Wildman–Crippen LogP) is 16.3. The van der Waals surface area contributed by atoms with Crippen LogP contribution in [0.15, 0.2) is 97.2 Å². The van der Waals surface area contributed by atoms with Crippen molar-refractivity contribution in [3.8, 4) is 0 Å². The number of carbonyl (C=O) groups is 1. The van der Waals surface area contributed by atoms with Gasteiger partial charge in [0.15, 0.2) is 0 Å². The number of nitrogens with zero attached hydrogens (tertiary/aromatic N) is 1. The normalized spacial score (nSPS) is 14.8. The van der Waals surface area contributed by atoms with Gasteiger partial charge in [-0.1, -0.05) is 220 Å². The fraction of sp³-hybridized carbons (Fsp3) is 0.707. The summed E-state index contributed by atoms with van der Waals surface area (Å²) in [6, 6.07) is -0.871. The van der Waals surface area contributed by atoms with E-state index in [-0.39, 0.29) is 19.1 Å². The summed E-state index contributed by atoms with van der Waals surface area (Å²) in [5.41, 5.74) is 0. The monoisotopic (exact) mass is 956 g/mol. The van der Waals surface area contributed by atoms with Gasteiger partial charge < -0.3 is 19.8 Å². The van der Waals surface area contributed by atoms with Gasteiger partial charge in [-0.3, -0.25) is 13.8 Å². The number of nitrogens with one attached hydrogen (secondary N) is 1. The third-order valence-corrected chi connectivity index (χ3v) is 12.5. The predicted molar refractivity (Wildman–Crippen MR) is 290 cm³/mol. The zero-order valence-electron chi connectivity index (χ0n) is 43.9. The number of aliphatic hydroxyl groups is 1. The molecule has 67 heavy (non-hydrogen) atoms. The fourth-order valence-electron chi connectivity index (χ4n) is 7.34. The van der Waals surface area contributed by atoms with Crippen molar-refractivity contribution in [2.45, 2.75) is 225 Å². The summed E-state index contributed by atoms with van der Waals surface area (Å²) >= 11 is 0. The number of phosphoric ester groups is 1. The van der Waals surface area contributed by atoms with Gasteiger partial charge in [-0.2, -0.15) is 0 Å². The molecule has 0 spiro atoms. The van der Waals surface area contributed by atoms with E-state index in [1.54, 1.807) is 6.08 Å². The number of hydrogen-bond donors (Lipinski definition) is 3. The van der Waals surface area contributed by atoms with Crippen LogP contribution in [0, 0.1) is 0 Å². The third-order valence-electron chi connectivity index (χ3n) is 11.5. The zero-order valence-corrected chi connectivity index (χ0v) is 44.8. The first-order chi connectivity index (χ1) is 32.5. The maximum Gasteiger partial charge on any atom is 0.472 e. The van der Waals surface area contributed by atoms with Gasteiger partial charge in [0, 0.05) is 6.42 Å². The summed E-state index contributed by atoms with van der Waals surface area (Å²) in [4.78, 5) is 23.2. The van der Waals surface area contributed by atoms with Gasteiger partial charge in [0.1, 0.15) is 13.2 Å². The van der Waals surface area contributed by atoms with Crippen LogP contribution in [-0.4, -0.2) is 73.4 Å². The molecule has 3 atom stereocenters. The van der Waals surface area contributed by atoms with Gasteiger partial charge in [0.2, 0.25) is 5.91 Å². The Kier molecular flexibility index (Phi) is 46.6. The Hall–Kier alpha value is -2.58. The molecule has 0 aliphatic rings. The first-order valence-corrected chi connectivity index (χ1v) is 28.6. The van der Waals surface area contributed by atoms with Crippen LogP contribution >= 0.6 is 7.82 Å². The molecule has 0 aliphatic heterocycles.